The first-order valence-electron chi connectivity index (χ1n) is 10.1. The van der Waals surface area contributed by atoms with Gasteiger partial charge in [-0.3, -0.25) is 4.98 Å². The summed E-state index contributed by atoms with van der Waals surface area (Å²) in [4.78, 5) is 17.5. The van der Waals surface area contributed by atoms with Crippen molar-refractivity contribution in [2.75, 3.05) is 16.0 Å². The van der Waals surface area contributed by atoms with Crippen molar-refractivity contribution >= 4 is 23.4 Å². The second kappa shape index (κ2) is 9.96. The highest BCUT2D eigenvalue weighted by Gasteiger charge is 2.12. The van der Waals surface area contributed by atoms with E-state index in [9.17, 15) is 4.39 Å². The zero-order valence-corrected chi connectivity index (χ0v) is 17.7. The minimum Gasteiger partial charge on any atom is -0.367 e. The van der Waals surface area contributed by atoms with Crippen molar-refractivity contribution in [3.05, 3.63) is 60.3 Å². The first-order valence-corrected chi connectivity index (χ1v) is 10.1. The van der Waals surface area contributed by atoms with Gasteiger partial charge in [-0.1, -0.05) is 26.0 Å². The highest BCUT2D eigenvalue weighted by atomic mass is 19.1. The van der Waals surface area contributed by atoms with E-state index in [2.05, 4.69) is 56.7 Å². The second-order valence-corrected chi connectivity index (χ2v) is 7.77. The minimum atomic E-state index is -0.261. The van der Waals surface area contributed by atoms with Gasteiger partial charge in [0.05, 0.1) is 12.2 Å². The third-order valence-corrected chi connectivity index (χ3v) is 4.48. The maximum atomic E-state index is 13.2. The average molecular weight is 410 g/mol. The van der Waals surface area contributed by atoms with Gasteiger partial charge >= 0.3 is 0 Å². The summed E-state index contributed by atoms with van der Waals surface area (Å²) >= 11 is 0. The van der Waals surface area contributed by atoms with Crippen LogP contribution in [-0.4, -0.2) is 26.0 Å². The molecule has 0 fully saturated rings. The fourth-order valence-corrected chi connectivity index (χ4v) is 3.19. The van der Waals surface area contributed by atoms with Gasteiger partial charge in [0.15, 0.2) is 0 Å². The molecule has 158 valence electrons. The summed E-state index contributed by atoms with van der Waals surface area (Å²) in [6, 6.07) is 8.39. The quantitative estimate of drug-likeness (QED) is 0.449. The van der Waals surface area contributed by atoms with Gasteiger partial charge in [0, 0.05) is 24.5 Å². The average Bonchev–Trinajstić information content (AvgIpc) is 2.68. The molecule has 3 rings (SSSR count). The predicted molar refractivity (Wildman–Crippen MR) is 118 cm³/mol. The van der Waals surface area contributed by atoms with Crippen molar-refractivity contribution in [1.82, 2.24) is 19.9 Å². The Morgan fingerprint density at radius 3 is 2.30 bits per heavy atom. The topological polar surface area (TPSA) is 87.7 Å². The molecule has 0 aliphatic heterocycles. The van der Waals surface area contributed by atoms with Crippen LogP contribution >= 0.6 is 0 Å². The van der Waals surface area contributed by atoms with E-state index in [-0.39, 0.29) is 17.9 Å². The number of rotatable bonds is 9. The van der Waals surface area contributed by atoms with Crippen LogP contribution in [0.1, 0.15) is 45.7 Å². The Morgan fingerprint density at radius 2 is 1.63 bits per heavy atom. The molecule has 1 aromatic carbocycles. The summed E-state index contributed by atoms with van der Waals surface area (Å²) in [6.07, 6.45) is 5.88. The number of anilines is 4. The van der Waals surface area contributed by atoms with Gasteiger partial charge in [0.2, 0.25) is 5.95 Å². The van der Waals surface area contributed by atoms with Crippen LogP contribution in [0.15, 0.2) is 48.9 Å². The lowest BCUT2D eigenvalue weighted by Gasteiger charge is -2.19. The maximum absolute atomic E-state index is 13.2. The van der Waals surface area contributed by atoms with Gasteiger partial charge in [-0.2, -0.15) is 9.97 Å². The van der Waals surface area contributed by atoms with Gasteiger partial charge in [-0.25, -0.2) is 9.37 Å². The third kappa shape index (κ3) is 6.37. The molecule has 0 radical (unpaired) electrons. The van der Waals surface area contributed by atoms with Gasteiger partial charge in [0.25, 0.3) is 0 Å². The lowest BCUT2D eigenvalue weighted by Crippen LogP contribution is -2.19. The van der Waals surface area contributed by atoms with Crippen LogP contribution in [0.4, 0.5) is 27.8 Å². The summed E-state index contributed by atoms with van der Waals surface area (Å²) < 4.78 is 13.2. The Kier molecular flexibility index (Phi) is 7.11. The summed E-state index contributed by atoms with van der Waals surface area (Å²) in [5.74, 6) is 2.66. The lowest BCUT2D eigenvalue weighted by molar-refractivity contribution is 0.539. The molecule has 7 nitrogen and oxygen atoms in total. The first kappa shape index (κ1) is 21.4. The highest BCUT2D eigenvalue weighted by molar-refractivity contribution is 5.58. The van der Waals surface area contributed by atoms with Gasteiger partial charge < -0.3 is 16.0 Å². The summed E-state index contributed by atoms with van der Waals surface area (Å²) in [7, 11) is 0. The van der Waals surface area contributed by atoms with Crippen LogP contribution < -0.4 is 16.0 Å². The summed E-state index contributed by atoms with van der Waals surface area (Å²) in [5, 5.41) is 9.91. The van der Waals surface area contributed by atoms with E-state index in [0.717, 1.165) is 12.0 Å². The molecule has 0 aliphatic carbocycles. The molecular formula is C22H28FN7. The Labute approximate surface area is 176 Å². The molecule has 30 heavy (non-hydrogen) atoms. The molecule has 3 aromatic rings. The molecule has 0 unspecified atom stereocenters. The Bertz CT molecular complexity index is 932. The Hall–Kier alpha value is -3.29. The molecule has 0 spiro atoms. The van der Waals surface area contributed by atoms with E-state index in [0.29, 0.717) is 29.3 Å². The van der Waals surface area contributed by atoms with Crippen molar-refractivity contribution in [1.29, 1.82) is 0 Å². The largest absolute Gasteiger partial charge is 0.367 e. The SMILES string of the molecule is CC(C)C[C@@H](C)Nc1cc(Nc2cnccn2)nc(N[C@@H](C)c2ccc(F)cc2)n1. The number of hydrogen-bond donors (Lipinski definition) is 3. The predicted octanol–water partition coefficient (Wildman–Crippen LogP) is 5.17. The zero-order chi connectivity index (χ0) is 21.5. The lowest BCUT2D eigenvalue weighted by atomic mass is 10.1. The second-order valence-electron chi connectivity index (χ2n) is 7.77. The van der Waals surface area contributed by atoms with E-state index in [4.69, 9.17) is 0 Å². The summed E-state index contributed by atoms with van der Waals surface area (Å²) in [6.45, 7) is 8.49. The molecule has 0 saturated heterocycles. The van der Waals surface area contributed by atoms with Gasteiger partial charge in [-0.05, 0) is 43.9 Å². The van der Waals surface area contributed by atoms with Gasteiger partial charge in [0.1, 0.15) is 23.3 Å². The molecule has 2 heterocycles. The van der Waals surface area contributed by atoms with E-state index < -0.39 is 0 Å². The van der Waals surface area contributed by atoms with Crippen molar-refractivity contribution in [2.45, 2.75) is 46.2 Å². The monoisotopic (exact) mass is 409 g/mol. The van der Waals surface area contributed by atoms with Crippen molar-refractivity contribution in [3.63, 3.8) is 0 Å². The highest BCUT2D eigenvalue weighted by Crippen LogP contribution is 2.23. The number of halogens is 1. The maximum Gasteiger partial charge on any atom is 0.227 e. The van der Waals surface area contributed by atoms with Gasteiger partial charge in [-0.15, -0.1) is 0 Å². The van der Waals surface area contributed by atoms with Crippen LogP contribution in [0.3, 0.4) is 0 Å². The molecule has 0 saturated carbocycles. The molecular weight excluding hydrogens is 381 g/mol. The van der Waals surface area contributed by atoms with E-state index in [1.807, 2.05) is 13.0 Å². The normalized spacial score (nSPS) is 13.0. The molecule has 3 N–H and O–H groups in total. The summed E-state index contributed by atoms with van der Waals surface area (Å²) in [5.41, 5.74) is 0.940. The van der Waals surface area contributed by atoms with Crippen LogP contribution in [0.2, 0.25) is 0 Å². The number of nitrogens with one attached hydrogen (secondary N) is 3. The zero-order valence-electron chi connectivity index (χ0n) is 17.7. The fourth-order valence-electron chi connectivity index (χ4n) is 3.19. The number of hydrogen-bond acceptors (Lipinski definition) is 7. The van der Waals surface area contributed by atoms with E-state index >= 15 is 0 Å². The number of benzene rings is 1. The molecule has 2 atom stereocenters. The Morgan fingerprint density at radius 1 is 0.900 bits per heavy atom. The van der Waals surface area contributed by atoms with E-state index in [1.165, 1.54) is 12.1 Å². The fraction of sp³-hybridized carbons (Fsp3) is 0.364. The first-order chi connectivity index (χ1) is 14.4. The van der Waals surface area contributed by atoms with Crippen LogP contribution in [0.25, 0.3) is 0 Å². The van der Waals surface area contributed by atoms with Crippen molar-refractivity contribution in [3.8, 4) is 0 Å². The molecule has 0 bridgehead atoms. The number of aromatic nitrogens is 4. The molecule has 0 amide bonds. The minimum absolute atomic E-state index is 0.0988. The molecule has 8 heteroatoms. The molecule has 2 aromatic heterocycles. The van der Waals surface area contributed by atoms with Crippen molar-refractivity contribution in [2.24, 2.45) is 5.92 Å². The van der Waals surface area contributed by atoms with Crippen LogP contribution in [0.5, 0.6) is 0 Å². The number of nitrogens with zero attached hydrogens (tertiary/aromatic N) is 4. The van der Waals surface area contributed by atoms with Crippen LogP contribution in [0, 0.1) is 11.7 Å². The van der Waals surface area contributed by atoms with Crippen molar-refractivity contribution < 1.29 is 4.39 Å². The van der Waals surface area contributed by atoms with Crippen LogP contribution in [-0.2, 0) is 0 Å². The third-order valence-electron chi connectivity index (χ3n) is 4.48. The smallest absolute Gasteiger partial charge is 0.227 e. The molecule has 0 aliphatic rings. The Balaban J connectivity index is 1.83. The standard InChI is InChI=1S/C22H28FN7/c1-14(2)11-15(3)26-19-12-20(28-21-13-24-9-10-25-21)30-22(29-19)27-16(4)17-5-7-18(23)8-6-17/h5-10,12-16H,11H2,1-4H3,(H3,25,26,27,28,29,30)/t15-,16+/m1/s1. The van der Waals surface area contributed by atoms with E-state index in [1.54, 1.807) is 30.7 Å².